The van der Waals surface area contributed by atoms with Crippen LogP contribution in [-0.2, 0) is 11.0 Å². The Morgan fingerprint density at radius 1 is 0.978 bits per heavy atom. The van der Waals surface area contributed by atoms with Crippen molar-refractivity contribution in [1.29, 1.82) is 0 Å². The lowest BCUT2D eigenvalue weighted by Crippen LogP contribution is -2.33. The predicted molar refractivity (Wildman–Crippen MR) is 162 cm³/mol. The number of nitrogens with one attached hydrogen (secondary N) is 3. The molecule has 0 fully saturated rings. The van der Waals surface area contributed by atoms with Gasteiger partial charge < -0.3 is 15.7 Å². The number of amides is 3. The zero-order valence-electron chi connectivity index (χ0n) is 23.7. The highest BCUT2D eigenvalue weighted by Gasteiger charge is 2.32. The van der Waals surface area contributed by atoms with Gasteiger partial charge in [0, 0.05) is 12.1 Å². The summed E-state index contributed by atoms with van der Waals surface area (Å²) in [4.78, 5) is 40.3. The van der Waals surface area contributed by atoms with Gasteiger partial charge in [0.2, 0.25) is 0 Å². The minimum atomic E-state index is -4.74. The Bertz CT molecular complexity index is 1750. The number of aliphatic carboxylic acids is 1. The molecule has 8 nitrogen and oxygen atoms in total. The number of carbonyl (C=O) groups is 3. The molecule has 45 heavy (non-hydrogen) atoms. The first-order valence-corrected chi connectivity index (χ1v) is 14.9. The molecule has 4 N–H and O–H groups in total. The Morgan fingerprint density at radius 2 is 1.67 bits per heavy atom. The molecule has 0 saturated carbocycles. The lowest BCUT2D eigenvalue weighted by molar-refractivity contribution is -0.138. The number of aromatic nitrogens is 1. The molecule has 0 aliphatic heterocycles. The molecule has 0 saturated heterocycles. The topological polar surface area (TPSA) is 120 Å². The summed E-state index contributed by atoms with van der Waals surface area (Å²) in [7, 11) is 0. The smallest absolute Gasteiger partial charge is 0.416 e. The molecule has 1 aliphatic rings. The van der Waals surface area contributed by atoms with Crippen molar-refractivity contribution in [2.24, 2.45) is 0 Å². The molecule has 234 valence electrons. The van der Waals surface area contributed by atoms with E-state index in [1.165, 1.54) is 5.57 Å². The van der Waals surface area contributed by atoms with Gasteiger partial charge in [-0.2, -0.15) is 13.2 Å². The highest BCUT2D eigenvalue weighted by Crippen LogP contribution is 2.36. The monoisotopic (exact) mass is 640 g/mol. The van der Waals surface area contributed by atoms with Crippen molar-refractivity contribution in [3.63, 3.8) is 0 Å². The van der Waals surface area contributed by atoms with Crippen LogP contribution in [0.25, 0.3) is 15.8 Å². The van der Waals surface area contributed by atoms with Gasteiger partial charge in [-0.3, -0.25) is 14.9 Å². The maximum Gasteiger partial charge on any atom is 0.416 e. The van der Waals surface area contributed by atoms with E-state index >= 15 is 0 Å². The number of anilines is 1. The van der Waals surface area contributed by atoms with E-state index in [1.807, 2.05) is 24.3 Å². The molecule has 4 aromatic rings. The van der Waals surface area contributed by atoms with E-state index in [9.17, 15) is 31.9 Å². The number of allylic oxidation sites excluding steroid dienone is 2. The van der Waals surface area contributed by atoms with Crippen LogP contribution < -0.4 is 16.0 Å². The SMILES string of the molecule is O=C(O)CCNC(=O)c1ccc(C(NC(=O)Nc2nc3c(F)cc(C(F)(F)F)cc3s2)c2ccc(C3=CCCCC3)cc2)cc1. The van der Waals surface area contributed by atoms with E-state index in [-0.39, 0.29) is 28.3 Å². The van der Waals surface area contributed by atoms with Gasteiger partial charge in [0.05, 0.1) is 22.7 Å². The fraction of sp³-hybridized carbons (Fsp3) is 0.250. The summed E-state index contributed by atoms with van der Waals surface area (Å²) in [5, 5.41) is 16.6. The van der Waals surface area contributed by atoms with Gasteiger partial charge >= 0.3 is 18.2 Å². The first kappa shape index (κ1) is 31.6. The Morgan fingerprint density at radius 3 is 2.29 bits per heavy atom. The molecule has 13 heteroatoms. The largest absolute Gasteiger partial charge is 0.481 e. The highest BCUT2D eigenvalue weighted by atomic mass is 32.1. The Balaban J connectivity index is 1.38. The Hall–Kier alpha value is -4.78. The third kappa shape index (κ3) is 7.85. The second kappa shape index (κ2) is 13.5. The Kier molecular flexibility index (Phi) is 9.47. The molecule has 5 rings (SSSR count). The number of urea groups is 1. The highest BCUT2D eigenvalue weighted by molar-refractivity contribution is 7.22. The fourth-order valence-electron chi connectivity index (χ4n) is 5.03. The van der Waals surface area contributed by atoms with Crippen LogP contribution in [0.5, 0.6) is 0 Å². The number of carboxylic acid groups (broad SMARTS) is 1. The van der Waals surface area contributed by atoms with E-state index < -0.39 is 41.5 Å². The number of carboxylic acids is 1. The lowest BCUT2D eigenvalue weighted by Gasteiger charge is -2.21. The van der Waals surface area contributed by atoms with Crippen LogP contribution in [0.2, 0.25) is 0 Å². The number of thiazole rings is 1. The maximum absolute atomic E-state index is 14.4. The van der Waals surface area contributed by atoms with Gasteiger partial charge in [-0.25, -0.2) is 14.2 Å². The molecule has 0 bridgehead atoms. The van der Waals surface area contributed by atoms with Crippen LogP contribution in [0.4, 0.5) is 27.5 Å². The van der Waals surface area contributed by atoms with Gasteiger partial charge in [0.15, 0.2) is 10.9 Å². The molecule has 0 spiro atoms. The normalized spacial score (nSPS) is 14.0. The van der Waals surface area contributed by atoms with Crippen LogP contribution in [0, 0.1) is 5.82 Å². The van der Waals surface area contributed by atoms with Gasteiger partial charge in [0.25, 0.3) is 5.91 Å². The molecule has 1 unspecified atom stereocenters. The summed E-state index contributed by atoms with van der Waals surface area (Å²) in [6.07, 6.45) is 1.53. The Labute approximate surface area is 259 Å². The molecule has 3 aromatic carbocycles. The first-order chi connectivity index (χ1) is 21.5. The average Bonchev–Trinajstić information content (AvgIpc) is 3.43. The van der Waals surface area contributed by atoms with Crippen LogP contribution in [0.1, 0.15) is 70.8 Å². The number of halogens is 4. The number of alkyl halides is 3. The van der Waals surface area contributed by atoms with E-state index in [0.717, 1.165) is 37.3 Å². The lowest BCUT2D eigenvalue weighted by atomic mass is 9.91. The summed E-state index contributed by atoms with van der Waals surface area (Å²) in [5.74, 6) is -2.64. The van der Waals surface area contributed by atoms with Crippen molar-refractivity contribution in [3.05, 3.63) is 100 Å². The zero-order chi connectivity index (χ0) is 32.1. The standard InChI is InChI=1S/C32H28F4N4O4S/c33-24-16-23(32(34,35)36)17-25-28(24)39-31(45-25)40-30(44)38-27(20-8-6-19(7-9-20)18-4-2-1-3-5-18)21-10-12-22(13-11-21)29(43)37-15-14-26(41)42/h4,6-13,16-17,27H,1-3,5,14-15H2,(H,37,43)(H,41,42)(H2,38,39,40,44). The third-order valence-electron chi connectivity index (χ3n) is 7.31. The van der Waals surface area contributed by atoms with Crippen molar-refractivity contribution >= 4 is 50.2 Å². The first-order valence-electron chi connectivity index (χ1n) is 14.1. The summed E-state index contributed by atoms with van der Waals surface area (Å²) >= 11 is 0.709. The number of hydrogen-bond acceptors (Lipinski definition) is 5. The number of nitrogens with zero attached hydrogens (tertiary/aromatic N) is 1. The van der Waals surface area contributed by atoms with Crippen molar-refractivity contribution in [3.8, 4) is 0 Å². The van der Waals surface area contributed by atoms with Crippen LogP contribution in [0.15, 0.2) is 66.7 Å². The van der Waals surface area contributed by atoms with Gasteiger partial charge in [0.1, 0.15) is 5.52 Å². The summed E-state index contributed by atoms with van der Waals surface area (Å²) in [6.45, 7) is -0.0315. The summed E-state index contributed by atoms with van der Waals surface area (Å²) < 4.78 is 53.8. The zero-order valence-corrected chi connectivity index (χ0v) is 24.5. The van der Waals surface area contributed by atoms with Crippen LogP contribution >= 0.6 is 11.3 Å². The minimum Gasteiger partial charge on any atom is -0.481 e. The van der Waals surface area contributed by atoms with Crippen LogP contribution in [-0.4, -0.2) is 34.5 Å². The van der Waals surface area contributed by atoms with Gasteiger partial charge in [-0.15, -0.1) is 0 Å². The molecular weight excluding hydrogens is 612 g/mol. The van der Waals surface area contributed by atoms with E-state index in [2.05, 4.69) is 27.0 Å². The van der Waals surface area contributed by atoms with Crippen molar-refractivity contribution in [1.82, 2.24) is 15.6 Å². The van der Waals surface area contributed by atoms with E-state index in [0.29, 0.717) is 34.1 Å². The number of rotatable bonds is 9. The quantitative estimate of drug-likeness (QED) is 0.141. The van der Waals surface area contributed by atoms with Crippen molar-refractivity contribution < 1.29 is 37.1 Å². The second-order valence-corrected chi connectivity index (χ2v) is 11.5. The molecule has 3 amide bonds. The predicted octanol–water partition coefficient (Wildman–Crippen LogP) is 7.53. The molecule has 1 aromatic heterocycles. The second-order valence-electron chi connectivity index (χ2n) is 10.5. The summed E-state index contributed by atoms with van der Waals surface area (Å²) in [6, 6.07) is 13.8. The molecule has 1 aliphatic carbocycles. The van der Waals surface area contributed by atoms with E-state index in [4.69, 9.17) is 5.11 Å². The third-order valence-corrected chi connectivity index (χ3v) is 8.23. The number of fused-ring (bicyclic) bond motifs is 1. The molecule has 1 atom stereocenters. The van der Waals surface area contributed by atoms with Crippen molar-refractivity contribution in [2.75, 3.05) is 11.9 Å². The molecular formula is C32H28F4N4O4S. The number of benzene rings is 3. The van der Waals surface area contributed by atoms with Crippen LogP contribution in [0.3, 0.4) is 0 Å². The number of hydrogen-bond donors (Lipinski definition) is 4. The van der Waals surface area contributed by atoms with Gasteiger partial charge in [-0.05, 0) is 72.2 Å². The average molecular weight is 641 g/mol. The minimum absolute atomic E-state index is 0.0315. The molecule has 1 heterocycles. The van der Waals surface area contributed by atoms with Crippen molar-refractivity contribution in [2.45, 2.75) is 44.3 Å². The fourth-order valence-corrected chi connectivity index (χ4v) is 5.95. The summed E-state index contributed by atoms with van der Waals surface area (Å²) in [5.41, 5.74) is 2.51. The van der Waals surface area contributed by atoms with Gasteiger partial charge in [-0.1, -0.05) is 53.8 Å². The molecule has 0 radical (unpaired) electrons. The number of carbonyl (C=O) groups excluding carboxylic acids is 2. The van der Waals surface area contributed by atoms with E-state index in [1.54, 1.807) is 24.3 Å². The maximum atomic E-state index is 14.4.